The maximum absolute atomic E-state index is 3.95. The second-order valence-electron chi connectivity index (χ2n) is 2.67. The second kappa shape index (κ2) is 5.04. The van der Waals surface area contributed by atoms with Crippen LogP contribution in [-0.2, 0) is 5.75 Å². The Morgan fingerprint density at radius 2 is 2.00 bits per heavy atom. The predicted octanol–water partition coefficient (Wildman–Crippen LogP) is 3.84. The van der Waals surface area contributed by atoms with E-state index in [9.17, 15) is 0 Å². The SMILES string of the molecule is C=C(CC)SCc1ccccc1. The van der Waals surface area contributed by atoms with Gasteiger partial charge in [-0.3, -0.25) is 0 Å². The van der Waals surface area contributed by atoms with Gasteiger partial charge in [-0.05, 0) is 16.9 Å². The molecule has 1 rings (SSSR count). The van der Waals surface area contributed by atoms with Crippen molar-refractivity contribution in [1.82, 2.24) is 0 Å². The maximum Gasteiger partial charge on any atom is 0.0228 e. The molecule has 0 fully saturated rings. The van der Waals surface area contributed by atoms with Crippen LogP contribution in [0.3, 0.4) is 0 Å². The summed E-state index contributed by atoms with van der Waals surface area (Å²) in [6.45, 7) is 6.09. The molecule has 0 saturated heterocycles. The van der Waals surface area contributed by atoms with Crippen LogP contribution < -0.4 is 0 Å². The van der Waals surface area contributed by atoms with Crippen LogP contribution in [0.5, 0.6) is 0 Å². The Morgan fingerprint density at radius 3 is 2.58 bits per heavy atom. The van der Waals surface area contributed by atoms with E-state index in [1.165, 1.54) is 10.5 Å². The van der Waals surface area contributed by atoms with Crippen LogP contribution in [0.1, 0.15) is 18.9 Å². The number of hydrogen-bond donors (Lipinski definition) is 0. The number of thioether (sulfide) groups is 1. The van der Waals surface area contributed by atoms with Gasteiger partial charge >= 0.3 is 0 Å². The molecule has 1 heteroatoms. The molecule has 0 N–H and O–H groups in total. The first-order chi connectivity index (χ1) is 5.83. The third-order valence-corrected chi connectivity index (χ3v) is 2.85. The highest BCUT2D eigenvalue weighted by molar-refractivity contribution is 8.02. The summed E-state index contributed by atoms with van der Waals surface area (Å²) in [6, 6.07) is 10.5. The summed E-state index contributed by atoms with van der Waals surface area (Å²) in [5.74, 6) is 1.05. The van der Waals surface area contributed by atoms with E-state index in [0.717, 1.165) is 12.2 Å². The van der Waals surface area contributed by atoms with Gasteiger partial charge in [0.15, 0.2) is 0 Å². The van der Waals surface area contributed by atoms with Gasteiger partial charge in [-0.2, -0.15) is 0 Å². The van der Waals surface area contributed by atoms with E-state index in [2.05, 4.69) is 37.8 Å². The molecular formula is C11H14S. The van der Waals surface area contributed by atoms with Crippen molar-refractivity contribution in [3.8, 4) is 0 Å². The van der Waals surface area contributed by atoms with Gasteiger partial charge < -0.3 is 0 Å². The lowest BCUT2D eigenvalue weighted by molar-refractivity contribution is 1.20. The molecule has 0 nitrogen and oxygen atoms in total. The summed E-state index contributed by atoms with van der Waals surface area (Å²) in [7, 11) is 0. The Bertz CT molecular complexity index is 238. The fourth-order valence-electron chi connectivity index (χ4n) is 0.862. The monoisotopic (exact) mass is 178 g/mol. The zero-order chi connectivity index (χ0) is 8.81. The number of allylic oxidation sites excluding steroid dienone is 1. The summed E-state index contributed by atoms with van der Waals surface area (Å²) < 4.78 is 0. The van der Waals surface area contributed by atoms with Crippen LogP contribution in [0, 0.1) is 0 Å². The van der Waals surface area contributed by atoms with Crippen molar-refractivity contribution in [1.29, 1.82) is 0 Å². The highest BCUT2D eigenvalue weighted by Gasteiger charge is 1.93. The lowest BCUT2D eigenvalue weighted by Gasteiger charge is -2.01. The average Bonchev–Trinajstić information content (AvgIpc) is 2.16. The standard InChI is InChI=1S/C11H14S/c1-3-10(2)12-9-11-7-5-4-6-8-11/h4-8H,2-3,9H2,1H3. The molecule has 0 aromatic heterocycles. The Hall–Kier alpha value is -0.690. The molecule has 0 radical (unpaired) electrons. The number of hydrogen-bond acceptors (Lipinski definition) is 1. The third kappa shape index (κ3) is 3.14. The fourth-order valence-corrected chi connectivity index (χ4v) is 1.63. The minimum atomic E-state index is 1.05. The second-order valence-corrected chi connectivity index (χ2v) is 3.82. The van der Waals surface area contributed by atoms with Gasteiger partial charge in [0.1, 0.15) is 0 Å². The van der Waals surface area contributed by atoms with Crippen molar-refractivity contribution in [3.05, 3.63) is 47.4 Å². The minimum absolute atomic E-state index is 1.05. The maximum atomic E-state index is 3.95. The van der Waals surface area contributed by atoms with E-state index >= 15 is 0 Å². The predicted molar refractivity (Wildman–Crippen MR) is 57.2 cm³/mol. The van der Waals surface area contributed by atoms with E-state index in [4.69, 9.17) is 0 Å². The molecule has 0 aliphatic carbocycles. The Morgan fingerprint density at radius 1 is 1.33 bits per heavy atom. The van der Waals surface area contributed by atoms with E-state index in [1.54, 1.807) is 0 Å². The molecule has 64 valence electrons. The van der Waals surface area contributed by atoms with Crippen molar-refractivity contribution in [3.63, 3.8) is 0 Å². The van der Waals surface area contributed by atoms with Gasteiger partial charge in [0.25, 0.3) is 0 Å². The van der Waals surface area contributed by atoms with Crippen molar-refractivity contribution in [2.45, 2.75) is 19.1 Å². The van der Waals surface area contributed by atoms with E-state index in [0.29, 0.717) is 0 Å². The Kier molecular flexibility index (Phi) is 3.95. The van der Waals surface area contributed by atoms with E-state index < -0.39 is 0 Å². The molecule has 12 heavy (non-hydrogen) atoms. The molecule has 1 aromatic rings. The van der Waals surface area contributed by atoms with Crippen molar-refractivity contribution in [2.24, 2.45) is 0 Å². The quantitative estimate of drug-likeness (QED) is 0.675. The molecule has 0 amide bonds. The molecular weight excluding hydrogens is 164 g/mol. The largest absolute Gasteiger partial charge is 0.126 e. The highest BCUT2D eigenvalue weighted by atomic mass is 32.2. The lowest BCUT2D eigenvalue weighted by Crippen LogP contribution is -1.78. The summed E-state index contributed by atoms with van der Waals surface area (Å²) in [6.07, 6.45) is 1.07. The molecule has 0 unspecified atom stereocenters. The Balaban J connectivity index is 2.38. The van der Waals surface area contributed by atoms with Gasteiger partial charge in [-0.25, -0.2) is 0 Å². The molecule has 0 heterocycles. The molecule has 0 saturated carbocycles. The fraction of sp³-hybridized carbons (Fsp3) is 0.273. The van der Waals surface area contributed by atoms with Crippen LogP contribution in [0.2, 0.25) is 0 Å². The van der Waals surface area contributed by atoms with Gasteiger partial charge in [0.05, 0.1) is 0 Å². The number of benzene rings is 1. The van der Waals surface area contributed by atoms with Crippen LogP contribution in [0.4, 0.5) is 0 Å². The first-order valence-corrected chi connectivity index (χ1v) is 5.16. The molecule has 0 spiro atoms. The van der Waals surface area contributed by atoms with Gasteiger partial charge in [-0.1, -0.05) is 43.8 Å². The summed E-state index contributed by atoms with van der Waals surface area (Å²) in [5.41, 5.74) is 1.37. The van der Waals surface area contributed by atoms with Crippen LogP contribution in [0.25, 0.3) is 0 Å². The molecule has 0 aliphatic heterocycles. The molecule has 0 bridgehead atoms. The third-order valence-electron chi connectivity index (χ3n) is 1.68. The lowest BCUT2D eigenvalue weighted by atomic mass is 10.2. The normalized spacial score (nSPS) is 9.75. The van der Waals surface area contributed by atoms with Gasteiger partial charge in [-0.15, -0.1) is 11.8 Å². The minimum Gasteiger partial charge on any atom is -0.126 e. The summed E-state index contributed by atoms with van der Waals surface area (Å²) in [5, 5.41) is 0. The van der Waals surface area contributed by atoms with E-state index in [-0.39, 0.29) is 0 Å². The van der Waals surface area contributed by atoms with Crippen molar-refractivity contribution >= 4 is 11.8 Å². The number of rotatable bonds is 4. The Labute approximate surface area is 78.7 Å². The van der Waals surface area contributed by atoms with Gasteiger partial charge in [0.2, 0.25) is 0 Å². The first-order valence-electron chi connectivity index (χ1n) is 4.17. The van der Waals surface area contributed by atoms with Crippen LogP contribution in [0.15, 0.2) is 41.8 Å². The first kappa shape index (κ1) is 9.40. The molecule has 1 aromatic carbocycles. The van der Waals surface area contributed by atoms with Crippen molar-refractivity contribution in [2.75, 3.05) is 0 Å². The summed E-state index contributed by atoms with van der Waals surface area (Å²) >= 11 is 1.84. The molecule has 0 atom stereocenters. The van der Waals surface area contributed by atoms with Gasteiger partial charge in [0, 0.05) is 5.75 Å². The zero-order valence-corrected chi connectivity index (χ0v) is 8.23. The molecule has 0 aliphatic rings. The average molecular weight is 178 g/mol. The zero-order valence-electron chi connectivity index (χ0n) is 7.42. The summed E-state index contributed by atoms with van der Waals surface area (Å²) in [4.78, 5) is 1.26. The highest BCUT2D eigenvalue weighted by Crippen LogP contribution is 2.21. The van der Waals surface area contributed by atoms with Crippen LogP contribution in [-0.4, -0.2) is 0 Å². The topological polar surface area (TPSA) is 0 Å². The van der Waals surface area contributed by atoms with E-state index in [1.807, 2.05) is 17.8 Å². The van der Waals surface area contributed by atoms with Crippen molar-refractivity contribution < 1.29 is 0 Å². The smallest absolute Gasteiger partial charge is 0.0228 e. The van der Waals surface area contributed by atoms with Crippen LogP contribution >= 0.6 is 11.8 Å².